The Morgan fingerprint density at radius 1 is 1.32 bits per heavy atom. The van der Waals surface area contributed by atoms with Gasteiger partial charge in [0.1, 0.15) is 16.9 Å². The van der Waals surface area contributed by atoms with Gasteiger partial charge in [-0.1, -0.05) is 12.1 Å². The summed E-state index contributed by atoms with van der Waals surface area (Å²) in [5.41, 5.74) is 0.615. The van der Waals surface area contributed by atoms with E-state index in [0.29, 0.717) is 24.1 Å². The number of amides is 2. The summed E-state index contributed by atoms with van der Waals surface area (Å²) < 4.78 is 5.60. The topological polar surface area (TPSA) is 62.6 Å². The zero-order chi connectivity index (χ0) is 13.2. The molecule has 1 atom stereocenters. The molecule has 19 heavy (non-hydrogen) atoms. The fraction of sp³-hybridized carbons (Fsp3) is 0.286. The maximum Gasteiger partial charge on any atom is 0.291 e. The number of carbonyl (C=O) groups excluding carboxylic acids is 2. The van der Waals surface area contributed by atoms with Crippen LogP contribution < -0.4 is 10.2 Å². The number of anilines is 1. The average molecular weight is 256 g/mol. The quantitative estimate of drug-likeness (QED) is 0.784. The average Bonchev–Trinajstić information content (AvgIpc) is 2.89. The second-order valence-electron chi connectivity index (χ2n) is 5.23. The third kappa shape index (κ3) is 1.19. The molecule has 2 aliphatic heterocycles. The lowest BCUT2D eigenvalue weighted by Crippen LogP contribution is -2.59. The predicted molar refractivity (Wildman–Crippen MR) is 68.8 cm³/mol. The molecule has 0 bridgehead atoms. The molecular formula is C14H12N2O3. The Morgan fingerprint density at radius 2 is 2.11 bits per heavy atom. The van der Waals surface area contributed by atoms with E-state index < -0.39 is 5.66 Å². The molecule has 2 amide bonds. The summed E-state index contributed by atoms with van der Waals surface area (Å²) in [6, 6.07) is 7.41. The van der Waals surface area contributed by atoms with Gasteiger partial charge in [-0.05, 0) is 25.5 Å². The number of fused-ring (bicyclic) bond motifs is 5. The molecule has 96 valence electrons. The van der Waals surface area contributed by atoms with Crippen molar-refractivity contribution in [2.75, 3.05) is 4.90 Å². The Hall–Kier alpha value is -2.30. The van der Waals surface area contributed by atoms with Crippen LogP contribution >= 0.6 is 0 Å². The predicted octanol–water partition coefficient (Wildman–Crippen LogP) is 2.02. The molecule has 3 heterocycles. The van der Waals surface area contributed by atoms with Crippen LogP contribution in [0.2, 0.25) is 0 Å². The van der Waals surface area contributed by atoms with Crippen molar-refractivity contribution in [2.45, 2.75) is 25.4 Å². The van der Waals surface area contributed by atoms with Crippen molar-refractivity contribution in [3.63, 3.8) is 0 Å². The molecule has 1 aromatic heterocycles. The number of para-hydroxylation sites is 1. The van der Waals surface area contributed by atoms with Crippen LogP contribution in [0.3, 0.4) is 0 Å². The standard InChI is InChI=1S/C14H12N2O3/c1-14-7-6-10(17)16(14)11-8-4-2-3-5-9(8)19-12(11)13(18)15-14/h2-5H,6-7H2,1H3,(H,15,18)/t14-/m0/s1. The van der Waals surface area contributed by atoms with Crippen molar-refractivity contribution in [3.8, 4) is 0 Å². The van der Waals surface area contributed by atoms with Gasteiger partial charge in [0.2, 0.25) is 11.7 Å². The fourth-order valence-electron chi connectivity index (χ4n) is 3.05. The normalized spacial score (nSPS) is 25.4. The minimum Gasteiger partial charge on any atom is -0.449 e. The molecule has 1 fully saturated rings. The number of rotatable bonds is 0. The van der Waals surface area contributed by atoms with Crippen molar-refractivity contribution in [2.24, 2.45) is 0 Å². The largest absolute Gasteiger partial charge is 0.449 e. The molecular weight excluding hydrogens is 244 g/mol. The first-order chi connectivity index (χ1) is 9.10. The summed E-state index contributed by atoms with van der Waals surface area (Å²) in [6.45, 7) is 1.88. The molecule has 1 aromatic carbocycles. The molecule has 2 aromatic rings. The van der Waals surface area contributed by atoms with Crippen LogP contribution in [0.15, 0.2) is 28.7 Å². The first kappa shape index (κ1) is 10.6. The monoisotopic (exact) mass is 256 g/mol. The first-order valence-corrected chi connectivity index (χ1v) is 6.27. The van der Waals surface area contributed by atoms with Gasteiger partial charge in [-0.15, -0.1) is 0 Å². The van der Waals surface area contributed by atoms with Gasteiger partial charge in [-0.3, -0.25) is 14.5 Å². The highest BCUT2D eigenvalue weighted by atomic mass is 16.3. The molecule has 0 spiro atoms. The van der Waals surface area contributed by atoms with Gasteiger partial charge in [0.15, 0.2) is 0 Å². The highest BCUT2D eigenvalue weighted by Crippen LogP contribution is 2.44. The number of nitrogens with zero attached hydrogens (tertiary/aromatic N) is 1. The second-order valence-corrected chi connectivity index (χ2v) is 5.23. The van der Waals surface area contributed by atoms with Crippen LogP contribution in [0, 0.1) is 0 Å². The first-order valence-electron chi connectivity index (χ1n) is 6.27. The van der Waals surface area contributed by atoms with Crippen molar-refractivity contribution in [1.82, 2.24) is 5.32 Å². The van der Waals surface area contributed by atoms with Crippen molar-refractivity contribution >= 4 is 28.5 Å². The minimum atomic E-state index is -0.631. The van der Waals surface area contributed by atoms with Crippen LogP contribution in [-0.2, 0) is 4.79 Å². The van der Waals surface area contributed by atoms with E-state index in [1.54, 1.807) is 11.0 Å². The highest BCUT2D eigenvalue weighted by Gasteiger charge is 2.50. The van der Waals surface area contributed by atoms with Crippen molar-refractivity contribution in [3.05, 3.63) is 30.0 Å². The Labute approximate surface area is 109 Å². The van der Waals surface area contributed by atoms with Gasteiger partial charge in [0.05, 0.1) is 0 Å². The van der Waals surface area contributed by atoms with Crippen LogP contribution in [0.1, 0.15) is 30.3 Å². The van der Waals surface area contributed by atoms with E-state index in [1.165, 1.54) is 0 Å². The van der Waals surface area contributed by atoms with Gasteiger partial charge in [-0.2, -0.15) is 0 Å². The molecule has 0 radical (unpaired) electrons. The van der Waals surface area contributed by atoms with Crippen molar-refractivity contribution in [1.29, 1.82) is 0 Å². The maximum absolute atomic E-state index is 12.2. The van der Waals surface area contributed by atoms with Crippen LogP contribution in [-0.4, -0.2) is 17.5 Å². The Morgan fingerprint density at radius 3 is 2.95 bits per heavy atom. The smallest absolute Gasteiger partial charge is 0.291 e. The van der Waals surface area contributed by atoms with E-state index in [9.17, 15) is 9.59 Å². The molecule has 0 saturated carbocycles. The van der Waals surface area contributed by atoms with Gasteiger partial charge >= 0.3 is 0 Å². The molecule has 0 unspecified atom stereocenters. The molecule has 5 nitrogen and oxygen atoms in total. The number of nitrogens with one attached hydrogen (secondary N) is 1. The van der Waals surface area contributed by atoms with Gasteiger partial charge in [0, 0.05) is 11.8 Å². The van der Waals surface area contributed by atoms with Gasteiger partial charge in [-0.25, -0.2) is 0 Å². The summed E-state index contributed by atoms with van der Waals surface area (Å²) >= 11 is 0. The summed E-state index contributed by atoms with van der Waals surface area (Å²) in [5, 5.41) is 3.69. The van der Waals surface area contributed by atoms with E-state index in [2.05, 4.69) is 5.32 Å². The summed E-state index contributed by atoms with van der Waals surface area (Å²) in [4.78, 5) is 26.0. The molecule has 1 saturated heterocycles. The molecule has 0 aliphatic carbocycles. The summed E-state index contributed by atoms with van der Waals surface area (Å²) in [6.07, 6.45) is 1.06. The summed E-state index contributed by atoms with van der Waals surface area (Å²) in [5.74, 6) is 0.00359. The number of hydrogen-bond acceptors (Lipinski definition) is 3. The molecule has 5 heteroatoms. The van der Waals surface area contributed by atoms with Crippen molar-refractivity contribution < 1.29 is 14.0 Å². The Balaban J connectivity index is 2.09. The molecule has 2 aliphatic rings. The fourth-order valence-corrected chi connectivity index (χ4v) is 3.05. The van der Waals surface area contributed by atoms with E-state index in [-0.39, 0.29) is 17.6 Å². The van der Waals surface area contributed by atoms with Crippen LogP contribution in [0.25, 0.3) is 11.0 Å². The Kier molecular flexibility index (Phi) is 1.77. The van der Waals surface area contributed by atoms with E-state index in [4.69, 9.17) is 4.42 Å². The number of carbonyl (C=O) groups is 2. The molecule has 1 N–H and O–H groups in total. The zero-order valence-corrected chi connectivity index (χ0v) is 10.4. The SMILES string of the molecule is C[C@@]12CCC(=O)N1c1c(oc3ccccc13)C(=O)N2. The van der Waals surface area contributed by atoms with Crippen LogP contribution in [0.5, 0.6) is 0 Å². The number of furan rings is 1. The second kappa shape index (κ2) is 3.17. The number of hydrogen-bond donors (Lipinski definition) is 1. The minimum absolute atomic E-state index is 0.0234. The highest BCUT2D eigenvalue weighted by molar-refractivity contribution is 6.15. The maximum atomic E-state index is 12.2. The third-order valence-electron chi connectivity index (χ3n) is 3.95. The van der Waals surface area contributed by atoms with Crippen LogP contribution in [0.4, 0.5) is 5.69 Å². The lowest BCUT2D eigenvalue weighted by molar-refractivity contribution is -0.117. The van der Waals surface area contributed by atoms with Gasteiger partial charge in [0.25, 0.3) is 5.91 Å². The van der Waals surface area contributed by atoms with E-state index in [1.807, 2.05) is 25.1 Å². The van der Waals surface area contributed by atoms with E-state index >= 15 is 0 Å². The van der Waals surface area contributed by atoms with E-state index in [0.717, 1.165) is 5.39 Å². The number of benzene rings is 1. The molecule has 4 rings (SSSR count). The van der Waals surface area contributed by atoms with Gasteiger partial charge < -0.3 is 9.73 Å². The Bertz CT molecular complexity index is 733. The lowest BCUT2D eigenvalue weighted by atomic mass is 10.0. The third-order valence-corrected chi connectivity index (χ3v) is 3.95. The summed E-state index contributed by atoms with van der Waals surface area (Å²) in [7, 11) is 0. The lowest BCUT2D eigenvalue weighted by Gasteiger charge is -2.38. The zero-order valence-electron chi connectivity index (χ0n) is 10.4.